The monoisotopic (exact) mass is 417 g/mol. The predicted octanol–water partition coefficient (Wildman–Crippen LogP) is 1.96. The van der Waals surface area contributed by atoms with Crippen molar-refractivity contribution in [2.75, 3.05) is 39.6 Å². The third-order valence-electron chi connectivity index (χ3n) is 4.87. The van der Waals surface area contributed by atoms with Crippen molar-refractivity contribution in [3.8, 4) is 11.5 Å². The van der Waals surface area contributed by atoms with Crippen LogP contribution in [0.1, 0.15) is 15.9 Å². The number of nitrogens with zero attached hydrogens (tertiary/aromatic N) is 3. The van der Waals surface area contributed by atoms with Gasteiger partial charge >= 0.3 is 5.97 Å². The maximum atomic E-state index is 12.4. The molecule has 2 aromatic rings. The molecule has 0 saturated carbocycles. The molecule has 0 spiro atoms. The summed E-state index contributed by atoms with van der Waals surface area (Å²) in [6.45, 7) is 3.35. The molecule has 0 bridgehead atoms. The Kier molecular flexibility index (Phi) is 5.82. The number of carbonyl (C=O) groups is 2. The van der Waals surface area contributed by atoms with E-state index in [4.69, 9.17) is 25.8 Å². The van der Waals surface area contributed by atoms with E-state index in [0.29, 0.717) is 13.1 Å². The Morgan fingerprint density at radius 2 is 1.90 bits per heavy atom. The smallest absolute Gasteiger partial charge is 0.341 e. The summed E-state index contributed by atoms with van der Waals surface area (Å²) in [6, 6.07) is 9.03. The Morgan fingerprint density at radius 3 is 2.69 bits per heavy atom. The summed E-state index contributed by atoms with van der Waals surface area (Å²) < 4.78 is 15.8. The molecule has 0 aliphatic carbocycles. The third kappa shape index (κ3) is 4.60. The molecule has 1 aromatic carbocycles. The van der Waals surface area contributed by atoms with E-state index in [2.05, 4.69) is 9.88 Å². The number of hydrogen-bond donors (Lipinski definition) is 0. The minimum absolute atomic E-state index is 0.0575. The number of hydrogen-bond acceptors (Lipinski definition) is 7. The largest absolute Gasteiger partial charge is 0.454 e. The molecule has 0 atom stereocenters. The quantitative estimate of drug-likeness (QED) is 0.543. The summed E-state index contributed by atoms with van der Waals surface area (Å²) in [5, 5.41) is 0.0575. The second kappa shape index (κ2) is 8.67. The fourth-order valence-corrected chi connectivity index (χ4v) is 3.48. The first-order valence-electron chi connectivity index (χ1n) is 9.26. The Labute approximate surface area is 172 Å². The van der Waals surface area contributed by atoms with Gasteiger partial charge in [0.25, 0.3) is 5.91 Å². The minimum Gasteiger partial charge on any atom is -0.454 e. The number of ether oxygens (including phenoxy) is 3. The first kappa shape index (κ1) is 19.5. The van der Waals surface area contributed by atoms with Crippen molar-refractivity contribution in [2.45, 2.75) is 6.54 Å². The van der Waals surface area contributed by atoms with Crippen LogP contribution in [0, 0.1) is 0 Å². The van der Waals surface area contributed by atoms with Crippen LogP contribution in [-0.4, -0.2) is 66.2 Å². The Hall–Kier alpha value is -2.84. The van der Waals surface area contributed by atoms with E-state index in [9.17, 15) is 9.59 Å². The van der Waals surface area contributed by atoms with E-state index in [-0.39, 0.29) is 30.0 Å². The third-order valence-corrected chi connectivity index (χ3v) is 5.18. The molecule has 0 unspecified atom stereocenters. The summed E-state index contributed by atoms with van der Waals surface area (Å²) in [4.78, 5) is 32.2. The van der Waals surface area contributed by atoms with Crippen LogP contribution in [0.15, 0.2) is 36.5 Å². The second-order valence-corrected chi connectivity index (χ2v) is 7.12. The highest BCUT2D eigenvalue weighted by Gasteiger charge is 2.23. The normalized spacial score (nSPS) is 16.0. The molecule has 9 heteroatoms. The highest BCUT2D eigenvalue weighted by molar-refractivity contribution is 6.32. The van der Waals surface area contributed by atoms with Crippen LogP contribution < -0.4 is 9.47 Å². The van der Waals surface area contributed by atoms with Crippen LogP contribution in [0.25, 0.3) is 0 Å². The van der Waals surface area contributed by atoms with Crippen LogP contribution in [0.3, 0.4) is 0 Å². The molecule has 0 N–H and O–H groups in total. The number of amides is 1. The van der Waals surface area contributed by atoms with Crippen molar-refractivity contribution in [2.24, 2.45) is 0 Å². The van der Waals surface area contributed by atoms with Gasteiger partial charge < -0.3 is 19.1 Å². The number of halogens is 1. The maximum absolute atomic E-state index is 12.4. The summed E-state index contributed by atoms with van der Waals surface area (Å²) in [5.41, 5.74) is 1.28. The van der Waals surface area contributed by atoms with Gasteiger partial charge in [-0.1, -0.05) is 17.7 Å². The lowest BCUT2D eigenvalue weighted by atomic mass is 10.1. The van der Waals surface area contributed by atoms with Crippen LogP contribution in [-0.2, 0) is 16.1 Å². The van der Waals surface area contributed by atoms with Gasteiger partial charge in [0.2, 0.25) is 6.79 Å². The lowest BCUT2D eigenvalue weighted by Crippen LogP contribution is -2.49. The van der Waals surface area contributed by atoms with Gasteiger partial charge in [0, 0.05) is 38.9 Å². The molecular weight excluding hydrogens is 398 g/mol. The first-order valence-corrected chi connectivity index (χ1v) is 9.64. The summed E-state index contributed by atoms with van der Waals surface area (Å²) in [6.07, 6.45) is 1.48. The lowest BCUT2D eigenvalue weighted by Gasteiger charge is -2.34. The van der Waals surface area contributed by atoms with Crippen molar-refractivity contribution in [3.05, 3.63) is 52.8 Å². The van der Waals surface area contributed by atoms with Crippen molar-refractivity contribution >= 4 is 23.5 Å². The number of rotatable bonds is 5. The zero-order valence-corrected chi connectivity index (χ0v) is 16.4. The molecule has 29 heavy (non-hydrogen) atoms. The number of pyridine rings is 1. The number of aromatic nitrogens is 1. The van der Waals surface area contributed by atoms with Gasteiger partial charge in [0.05, 0.1) is 5.56 Å². The molecule has 4 rings (SSSR count). The number of esters is 1. The predicted molar refractivity (Wildman–Crippen MR) is 104 cm³/mol. The lowest BCUT2D eigenvalue weighted by molar-refractivity contribution is -0.136. The van der Waals surface area contributed by atoms with E-state index in [1.165, 1.54) is 12.3 Å². The standard InChI is InChI=1S/C20H20ClN3O5/c21-19-15(2-1-5-22-19)20(26)27-12-18(25)24-8-6-23(7-9-24)11-14-3-4-16-17(10-14)29-13-28-16/h1-5,10H,6-9,11-13H2. The molecular formula is C20H20ClN3O5. The average molecular weight is 418 g/mol. The van der Waals surface area contributed by atoms with Gasteiger partial charge in [-0.05, 0) is 29.8 Å². The Bertz CT molecular complexity index is 915. The van der Waals surface area contributed by atoms with E-state index in [0.717, 1.165) is 36.7 Å². The van der Waals surface area contributed by atoms with Gasteiger partial charge in [-0.25, -0.2) is 9.78 Å². The Balaban J connectivity index is 1.23. The molecule has 1 saturated heterocycles. The van der Waals surface area contributed by atoms with Gasteiger partial charge in [-0.2, -0.15) is 0 Å². The zero-order chi connectivity index (χ0) is 20.2. The number of piperazine rings is 1. The van der Waals surface area contributed by atoms with Crippen LogP contribution in [0.4, 0.5) is 0 Å². The topological polar surface area (TPSA) is 81.2 Å². The molecule has 2 aliphatic rings. The summed E-state index contributed by atoms with van der Waals surface area (Å²) in [5.74, 6) is 0.664. The van der Waals surface area contributed by atoms with Crippen LogP contribution in [0.2, 0.25) is 5.15 Å². The molecule has 0 radical (unpaired) electrons. The van der Waals surface area contributed by atoms with E-state index < -0.39 is 5.97 Å². The highest BCUT2D eigenvalue weighted by atomic mass is 35.5. The number of fused-ring (bicyclic) bond motifs is 1. The van der Waals surface area contributed by atoms with Gasteiger partial charge in [0.15, 0.2) is 18.1 Å². The maximum Gasteiger partial charge on any atom is 0.341 e. The van der Waals surface area contributed by atoms with Crippen molar-refractivity contribution in [1.29, 1.82) is 0 Å². The fourth-order valence-electron chi connectivity index (χ4n) is 3.29. The zero-order valence-electron chi connectivity index (χ0n) is 15.7. The van der Waals surface area contributed by atoms with Crippen LogP contribution in [0.5, 0.6) is 11.5 Å². The minimum atomic E-state index is -0.655. The van der Waals surface area contributed by atoms with Crippen molar-refractivity contribution in [3.63, 3.8) is 0 Å². The second-order valence-electron chi connectivity index (χ2n) is 6.76. The van der Waals surface area contributed by atoms with Crippen molar-refractivity contribution in [1.82, 2.24) is 14.8 Å². The highest BCUT2D eigenvalue weighted by Crippen LogP contribution is 2.32. The summed E-state index contributed by atoms with van der Waals surface area (Å²) >= 11 is 5.87. The first-order chi connectivity index (χ1) is 14.1. The molecule has 2 aliphatic heterocycles. The molecule has 1 fully saturated rings. The SMILES string of the molecule is O=C(OCC(=O)N1CCN(Cc2ccc3c(c2)OCO3)CC1)c1cccnc1Cl. The van der Waals surface area contributed by atoms with E-state index in [1.807, 2.05) is 18.2 Å². The average Bonchev–Trinajstić information content (AvgIpc) is 3.20. The molecule has 1 aromatic heterocycles. The van der Waals surface area contributed by atoms with E-state index in [1.54, 1.807) is 11.0 Å². The molecule has 8 nitrogen and oxygen atoms in total. The molecule has 152 valence electrons. The Morgan fingerprint density at radius 1 is 1.10 bits per heavy atom. The van der Waals surface area contributed by atoms with E-state index >= 15 is 0 Å². The molecule has 3 heterocycles. The number of carbonyl (C=O) groups excluding carboxylic acids is 2. The van der Waals surface area contributed by atoms with Gasteiger partial charge in [0.1, 0.15) is 5.15 Å². The van der Waals surface area contributed by atoms with Crippen molar-refractivity contribution < 1.29 is 23.8 Å². The van der Waals surface area contributed by atoms with Gasteiger partial charge in [-0.15, -0.1) is 0 Å². The fraction of sp³-hybridized carbons (Fsp3) is 0.350. The van der Waals surface area contributed by atoms with Crippen LogP contribution >= 0.6 is 11.6 Å². The number of benzene rings is 1. The molecule has 1 amide bonds. The summed E-state index contributed by atoms with van der Waals surface area (Å²) in [7, 11) is 0. The van der Waals surface area contributed by atoms with Gasteiger partial charge in [-0.3, -0.25) is 9.69 Å².